The summed E-state index contributed by atoms with van der Waals surface area (Å²) in [6, 6.07) is 0.383. The van der Waals surface area contributed by atoms with Gasteiger partial charge >= 0.3 is 18.5 Å². The Balaban J connectivity index is 3.45. The Hall–Kier alpha value is -1.52. The third-order valence-corrected chi connectivity index (χ3v) is 2.65. The maximum atomic E-state index is 12.7. The summed E-state index contributed by atoms with van der Waals surface area (Å²) in [5.41, 5.74) is -2.52. The number of rotatable bonds is 4. The van der Waals surface area contributed by atoms with Gasteiger partial charge in [0.2, 0.25) is 0 Å². The fraction of sp³-hybridized carbons (Fsp3) is 0.400. The lowest BCUT2D eigenvalue weighted by molar-refractivity contribution is -0.276. The molecule has 1 N–H and O–H groups in total. The molecular weight excluding hydrogens is 376 g/mol. The van der Waals surface area contributed by atoms with E-state index in [1.165, 1.54) is 0 Å². The van der Waals surface area contributed by atoms with Crippen molar-refractivity contribution in [2.45, 2.75) is 24.3 Å². The molecule has 0 bridgehead atoms. The number of ether oxygens (including phenoxy) is 1. The predicted molar refractivity (Wildman–Crippen MR) is 59.9 cm³/mol. The summed E-state index contributed by atoms with van der Waals surface area (Å²) in [5, 5.41) is 8.35. The standard InChI is InChI=1S/C10H6BrF6NO3/c11-3-5-4(2-7(19)20)1-6(21-10(15,16)17)8(18-5)9(12,13)14/h1H,2-3H2,(H,19,20). The van der Waals surface area contributed by atoms with Gasteiger partial charge in [-0.05, 0) is 11.6 Å². The van der Waals surface area contributed by atoms with E-state index in [-0.39, 0.29) is 16.6 Å². The number of hydrogen-bond donors (Lipinski definition) is 1. The zero-order valence-corrected chi connectivity index (χ0v) is 11.4. The van der Waals surface area contributed by atoms with E-state index in [4.69, 9.17) is 5.11 Å². The predicted octanol–water partition coefficient (Wildman–Crippen LogP) is 3.52. The summed E-state index contributed by atoms with van der Waals surface area (Å²) >= 11 is 2.80. The summed E-state index contributed by atoms with van der Waals surface area (Å²) in [4.78, 5) is 13.6. The van der Waals surface area contributed by atoms with Crippen molar-refractivity contribution in [3.63, 3.8) is 0 Å². The van der Waals surface area contributed by atoms with Crippen LogP contribution in [-0.4, -0.2) is 22.4 Å². The second-order valence-corrected chi connectivity index (χ2v) is 4.25. The van der Waals surface area contributed by atoms with E-state index in [0.717, 1.165) is 0 Å². The van der Waals surface area contributed by atoms with Crippen LogP contribution in [0.1, 0.15) is 17.0 Å². The maximum Gasteiger partial charge on any atom is 0.573 e. The van der Waals surface area contributed by atoms with Crippen molar-refractivity contribution in [1.29, 1.82) is 0 Å². The molecule has 0 saturated carbocycles. The molecule has 0 aliphatic rings. The molecule has 0 saturated heterocycles. The van der Waals surface area contributed by atoms with Crippen LogP contribution in [0.4, 0.5) is 26.3 Å². The Labute approximate surface area is 121 Å². The first-order chi connectivity index (χ1) is 9.44. The van der Waals surface area contributed by atoms with E-state index in [1.807, 2.05) is 0 Å². The number of aliphatic carboxylic acids is 1. The third kappa shape index (κ3) is 5.06. The molecule has 0 radical (unpaired) electrons. The van der Waals surface area contributed by atoms with Crippen LogP contribution >= 0.6 is 15.9 Å². The molecule has 1 heterocycles. The summed E-state index contributed by atoms with van der Waals surface area (Å²) < 4.78 is 77.8. The second kappa shape index (κ2) is 6.08. The van der Waals surface area contributed by atoms with Crippen molar-refractivity contribution in [2.24, 2.45) is 0 Å². The van der Waals surface area contributed by atoms with Gasteiger partial charge in [-0.3, -0.25) is 4.79 Å². The molecule has 0 atom stereocenters. The maximum absolute atomic E-state index is 12.7. The van der Waals surface area contributed by atoms with E-state index < -0.39 is 36.4 Å². The molecule has 11 heteroatoms. The van der Waals surface area contributed by atoms with Crippen molar-refractivity contribution in [3.8, 4) is 5.75 Å². The molecule has 0 unspecified atom stereocenters. The number of hydrogen-bond acceptors (Lipinski definition) is 3. The fourth-order valence-corrected chi connectivity index (χ4v) is 1.89. The number of alkyl halides is 7. The van der Waals surface area contributed by atoms with Gasteiger partial charge in [0.25, 0.3) is 0 Å². The lowest BCUT2D eigenvalue weighted by atomic mass is 10.1. The highest BCUT2D eigenvalue weighted by molar-refractivity contribution is 9.08. The zero-order valence-electron chi connectivity index (χ0n) is 9.85. The van der Waals surface area contributed by atoms with Gasteiger partial charge < -0.3 is 9.84 Å². The molecule has 0 fully saturated rings. The Morgan fingerprint density at radius 2 is 1.86 bits per heavy atom. The first kappa shape index (κ1) is 17.5. The monoisotopic (exact) mass is 381 g/mol. The van der Waals surface area contributed by atoms with Crippen LogP contribution in [0.15, 0.2) is 6.07 Å². The largest absolute Gasteiger partial charge is 0.573 e. The molecule has 21 heavy (non-hydrogen) atoms. The van der Waals surface area contributed by atoms with E-state index in [1.54, 1.807) is 0 Å². The molecule has 1 aromatic heterocycles. The van der Waals surface area contributed by atoms with Crippen LogP contribution < -0.4 is 4.74 Å². The van der Waals surface area contributed by atoms with Gasteiger partial charge in [0, 0.05) is 5.33 Å². The smallest absolute Gasteiger partial charge is 0.481 e. The lowest BCUT2D eigenvalue weighted by Gasteiger charge is -2.17. The van der Waals surface area contributed by atoms with Gasteiger partial charge in [-0.15, -0.1) is 13.2 Å². The summed E-state index contributed by atoms with van der Waals surface area (Å²) in [6.07, 6.45) is -11.3. The second-order valence-electron chi connectivity index (χ2n) is 3.69. The minimum Gasteiger partial charge on any atom is -0.481 e. The Bertz CT molecular complexity index is 543. The number of nitrogens with zero attached hydrogens (tertiary/aromatic N) is 1. The molecule has 1 rings (SSSR count). The van der Waals surface area contributed by atoms with Crippen LogP contribution in [0, 0.1) is 0 Å². The van der Waals surface area contributed by atoms with Crippen molar-refractivity contribution in [2.75, 3.05) is 0 Å². The van der Waals surface area contributed by atoms with Gasteiger partial charge in [-0.1, -0.05) is 15.9 Å². The minimum atomic E-state index is -5.36. The number of carboxylic acids is 1. The molecule has 0 aliphatic carbocycles. The van der Waals surface area contributed by atoms with E-state index in [0.29, 0.717) is 6.07 Å². The van der Waals surface area contributed by atoms with Crippen molar-refractivity contribution < 1.29 is 41.0 Å². The van der Waals surface area contributed by atoms with Crippen LogP contribution in [0.2, 0.25) is 0 Å². The van der Waals surface area contributed by atoms with E-state index in [9.17, 15) is 31.1 Å². The number of aromatic nitrogens is 1. The zero-order chi connectivity index (χ0) is 16.4. The normalized spacial score (nSPS) is 12.3. The lowest BCUT2D eigenvalue weighted by Crippen LogP contribution is -2.22. The number of pyridine rings is 1. The van der Waals surface area contributed by atoms with Gasteiger partial charge in [-0.2, -0.15) is 13.2 Å². The molecular formula is C10H6BrF6NO3. The van der Waals surface area contributed by atoms with Crippen LogP contribution in [0.25, 0.3) is 0 Å². The first-order valence-corrected chi connectivity index (χ1v) is 6.19. The van der Waals surface area contributed by atoms with Crippen LogP contribution in [0.3, 0.4) is 0 Å². The van der Waals surface area contributed by atoms with E-state index >= 15 is 0 Å². The van der Waals surface area contributed by atoms with Crippen molar-refractivity contribution >= 4 is 21.9 Å². The molecule has 0 spiro atoms. The first-order valence-electron chi connectivity index (χ1n) is 5.07. The highest BCUT2D eigenvalue weighted by atomic mass is 79.9. The average Bonchev–Trinajstić information content (AvgIpc) is 2.24. The fourth-order valence-electron chi connectivity index (χ4n) is 1.41. The quantitative estimate of drug-likeness (QED) is 0.640. The van der Waals surface area contributed by atoms with Crippen molar-refractivity contribution in [1.82, 2.24) is 4.98 Å². The van der Waals surface area contributed by atoms with Crippen LogP contribution in [-0.2, 0) is 22.7 Å². The number of halogens is 7. The molecule has 0 aromatic carbocycles. The van der Waals surface area contributed by atoms with Gasteiger partial charge in [0.15, 0.2) is 11.4 Å². The van der Waals surface area contributed by atoms with Crippen molar-refractivity contribution in [3.05, 3.63) is 23.0 Å². The van der Waals surface area contributed by atoms with Gasteiger partial charge in [-0.25, -0.2) is 4.98 Å². The highest BCUT2D eigenvalue weighted by Gasteiger charge is 2.41. The topological polar surface area (TPSA) is 59.4 Å². The molecule has 1 aromatic rings. The Morgan fingerprint density at radius 3 is 2.24 bits per heavy atom. The number of carboxylic acid groups (broad SMARTS) is 1. The molecule has 4 nitrogen and oxygen atoms in total. The Morgan fingerprint density at radius 1 is 1.29 bits per heavy atom. The van der Waals surface area contributed by atoms with E-state index in [2.05, 4.69) is 25.7 Å². The highest BCUT2D eigenvalue weighted by Crippen LogP contribution is 2.38. The molecule has 0 aliphatic heterocycles. The summed E-state index contributed by atoms with van der Waals surface area (Å²) in [5.74, 6) is -3.02. The number of carbonyl (C=O) groups is 1. The third-order valence-electron chi connectivity index (χ3n) is 2.12. The van der Waals surface area contributed by atoms with Crippen LogP contribution in [0.5, 0.6) is 5.75 Å². The molecule has 118 valence electrons. The van der Waals surface area contributed by atoms with Gasteiger partial charge in [0.1, 0.15) is 0 Å². The van der Waals surface area contributed by atoms with Gasteiger partial charge in [0.05, 0.1) is 12.1 Å². The Kier molecular flexibility index (Phi) is 5.07. The minimum absolute atomic E-state index is 0.259. The average molecular weight is 382 g/mol. The SMILES string of the molecule is O=C(O)Cc1cc(OC(F)(F)F)c(C(F)(F)F)nc1CBr. The summed E-state index contributed by atoms with van der Waals surface area (Å²) in [6.45, 7) is 0. The summed E-state index contributed by atoms with van der Waals surface area (Å²) in [7, 11) is 0. The molecule has 0 amide bonds.